The van der Waals surface area contributed by atoms with Crippen LogP contribution in [0, 0.1) is 0 Å². The third kappa shape index (κ3) is 3.59. The van der Waals surface area contributed by atoms with E-state index in [0.717, 1.165) is 25.9 Å². The lowest BCUT2D eigenvalue weighted by Crippen LogP contribution is -2.55. The second kappa shape index (κ2) is 7.00. The van der Waals surface area contributed by atoms with Crippen LogP contribution >= 0.6 is 12.2 Å². The highest BCUT2D eigenvalue weighted by molar-refractivity contribution is 7.80. The molecule has 1 unspecified atom stereocenters. The highest BCUT2D eigenvalue weighted by atomic mass is 32.1. The molecule has 1 atom stereocenters. The number of piperazine rings is 1. The van der Waals surface area contributed by atoms with Crippen molar-refractivity contribution < 1.29 is 4.79 Å². The maximum atomic E-state index is 12.4. The van der Waals surface area contributed by atoms with Crippen LogP contribution in [0.2, 0.25) is 0 Å². The molecular weight excluding hydrogens is 286 g/mol. The summed E-state index contributed by atoms with van der Waals surface area (Å²) in [6, 6.07) is 0.152. The molecule has 21 heavy (non-hydrogen) atoms. The smallest absolute Gasteiger partial charge is 0.272 e. The number of aryl methyl sites for hydroxylation is 1. The maximum Gasteiger partial charge on any atom is 0.272 e. The Morgan fingerprint density at radius 1 is 1.43 bits per heavy atom. The van der Waals surface area contributed by atoms with Gasteiger partial charge in [0.05, 0.1) is 23.6 Å². The van der Waals surface area contributed by atoms with Gasteiger partial charge in [0.15, 0.2) is 0 Å². The largest absolute Gasteiger partial charge is 0.392 e. The predicted molar refractivity (Wildman–Crippen MR) is 86.2 cm³/mol. The molecule has 1 saturated heterocycles. The van der Waals surface area contributed by atoms with Gasteiger partial charge in [-0.1, -0.05) is 25.6 Å². The summed E-state index contributed by atoms with van der Waals surface area (Å²) in [6.45, 7) is 5.16. The number of carbonyl (C=O) groups excluding carboxylic acids is 1. The van der Waals surface area contributed by atoms with Gasteiger partial charge in [0, 0.05) is 33.2 Å². The molecule has 1 amide bonds. The molecule has 0 spiro atoms. The van der Waals surface area contributed by atoms with E-state index in [4.69, 9.17) is 18.0 Å². The molecule has 0 aliphatic carbocycles. The first-order chi connectivity index (χ1) is 10.0. The lowest BCUT2D eigenvalue weighted by Gasteiger charge is -2.38. The Bertz CT molecular complexity index is 507. The molecule has 0 radical (unpaired) electrons. The molecule has 2 heterocycles. The van der Waals surface area contributed by atoms with Gasteiger partial charge < -0.3 is 15.2 Å². The fourth-order valence-corrected chi connectivity index (χ4v) is 3.01. The zero-order valence-corrected chi connectivity index (χ0v) is 13.5. The summed E-state index contributed by atoms with van der Waals surface area (Å²) >= 11 is 5.17. The summed E-state index contributed by atoms with van der Waals surface area (Å²) in [5.41, 5.74) is 6.47. The second-order valence-electron chi connectivity index (χ2n) is 5.42. The number of aromatic nitrogens is 2. The zero-order valence-electron chi connectivity index (χ0n) is 12.7. The van der Waals surface area contributed by atoms with Crippen LogP contribution < -0.4 is 5.73 Å². The summed E-state index contributed by atoms with van der Waals surface area (Å²) < 4.78 is 1.75. The third-order valence-corrected chi connectivity index (χ3v) is 4.24. The van der Waals surface area contributed by atoms with E-state index in [9.17, 15) is 4.79 Å². The normalized spacial score (nSPS) is 17.7. The Morgan fingerprint density at radius 3 is 2.57 bits per heavy atom. The number of imidazole rings is 1. The Balaban J connectivity index is 1.95. The van der Waals surface area contributed by atoms with Crippen LogP contribution in [-0.4, -0.2) is 62.5 Å². The number of amides is 1. The molecule has 1 fully saturated rings. The topological polar surface area (TPSA) is 67.4 Å². The van der Waals surface area contributed by atoms with Crippen molar-refractivity contribution in [3.63, 3.8) is 0 Å². The summed E-state index contributed by atoms with van der Waals surface area (Å²) in [7, 11) is 1.83. The number of thiocarbonyl (C=S) groups is 1. The third-order valence-electron chi connectivity index (χ3n) is 3.97. The standard InChI is InChI=1S/C14H23N5OS/c1-3-4-11(13(15)21)18-5-7-19(8-6-18)14(20)12-9-16-10-17(12)2/h9-11H,3-8H2,1-2H3,(H2,15,21). The van der Waals surface area contributed by atoms with Crippen LogP contribution in [-0.2, 0) is 7.05 Å². The lowest BCUT2D eigenvalue weighted by molar-refractivity contribution is 0.0599. The van der Waals surface area contributed by atoms with Gasteiger partial charge in [-0.15, -0.1) is 0 Å². The first-order valence-corrected chi connectivity index (χ1v) is 7.74. The van der Waals surface area contributed by atoms with Gasteiger partial charge in [-0.05, 0) is 6.42 Å². The van der Waals surface area contributed by atoms with Crippen LogP contribution in [0.3, 0.4) is 0 Å². The molecule has 2 rings (SSSR count). The van der Waals surface area contributed by atoms with Crippen LogP contribution in [0.4, 0.5) is 0 Å². The van der Waals surface area contributed by atoms with Crippen molar-refractivity contribution in [1.82, 2.24) is 19.4 Å². The van der Waals surface area contributed by atoms with Gasteiger partial charge in [0.25, 0.3) is 5.91 Å². The summed E-state index contributed by atoms with van der Waals surface area (Å²) in [4.78, 5) is 21.1. The number of rotatable bonds is 5. The van der Waals surface area contributed by atoms with Gasteiger partial charge in [0.2, 0.25) is 0 Å². The van der Waals surface area contributed by atoms with E-state index in [1.807, 2.05) is 11.9 Å². The van der Waals surface area contributed by atoms with Crippen molar-refractivity contribution in [3.8, 4) is 0 Å². The van der Waals surface area contributed by atoms with Crippen molar-refractivity contribution in [1.29, 1.82) is 0 Å². The van der Waals surface area contributed by atoms with E-state index in [2.05, 4.69) is 16.8 Å². The van der Waals surface area contributed by atoms with Crippen LogP contribution in [0.15, 0.2) is 12.5 Å². The Morgan fingerprint density at radius 2 is 2.10 bits per heavy atom. The van der Waals surface area contributed by atoms with Crippen LogP contribution in [0.5, 0.6) is 0 Å². The highest BCUT2D eigenvalue weighted by Gasteiger charge is 2.28. The molecule has 2 N–H and O–H groups in total. The highest BCUT2D eigenvalue weighted by Crippen LogP contribution is 2.13. The predicted octanol–water partition coefficient (Wildman–Crippen LogP) is 0.633. The second-order valence-corrected chi connectivity index (χ2v) is 5.90. The van der Waals surface area contributed by atoms with Crippen LogP contribution in [0.25, 0.3) is 0 Å². The fraction of sp³-hybridized carbons (Fsp3) is 0.643. The minimum atomic E-state index is 0.0389. The van der Waals surface area contributed by atoms with Crippen molar-refractivity contribution >= 4 is 23.1 Å². The van der Waals surface area contributed by atoms with E-state index >= 15 is 0 Å². The molecule has 6 nitrogen and oxygen atoms in total. The van der Waals surface area contributed by atoms with E-state index < -0.39 is 0 Å². The monoisotopic (exact) mass is 309 g/mol. The minimum absolute atomic E-state index is 0.0389. The van der Waals surface area contributed by atoms with Crippen molar-refractivity contribution in [2.75, 3.05) is 26.2 Å². The Kier molecular flexibility index (Phi) is 5.30. The van der Waals surface area contributed by atoms with E-state index in [1.54, 1.807) is 17.1 Å². The fourth-order valence-electron chi connectivity index (χ4n) is 2.74. The molecule has 1 aliphatic rings. The summed E-state index contributed by atoms with van der Waals surface area (Å²) in [6.07, 6.45) is 5.29. The van der Waals surface area contributed by atoms with Crippen molar-refractivity contribution in [3.05, 3.63) is 18.2 Å². The SMILES string of the molecule is CCCC(C(N)=S)N1CCN(C(=O)c2cncn2C)CC1. The van der Waals surface area contributed by atoms with Gasteiger partial charge in [0.1, 0.15) is 5.69 Å². The molecule has 0 bridgehead atoms. The molecule has 1 aliphatic heterocycles. The molecule has 0 saturated carbocycles. The van der Waals surface area contributed by atoms with Gasteiger partial charge in [-0.25, -0.2) is 4.98 Å². The Labute approximate surface area is 130 Å². The molecule has 7 heteroatoms. The zero-order chi connectivity index (χ0) is 15.4. The number of hydrogen-bond donors (Lipinski definition) is 1. The lowest BCUT2D eigenvalue weighted by atomic mass is 10.1. The number of carbonyl (C=O) groups is 1. The molecule has 116 valence electrons. The maximum absolute atomic E-state index is 12.4. The number of nitrogens with two attached hydrogens (primary N) is 1. The van der Waals surface area contributed by atoms with Crippen molar-refractivity contribution in [2.45, 2.75) is 25.8 Å². The first-order valence-electron chi connectivity index (χ1n) is 7.33. The summed E-state index contributed by atoms with van der Waals surface area (Å²) in [5.74, 6) is 0.0389. The minimum Gasteiger partial charge on any atom is -0.392 e. The molecule has 1 aromatic heterocycles. The number of hydrogen-bond acceptors (Lipinski definition) is 4. The molecule has 0 aromatic carbocycles. The summed E-state index contributed by atoms with van der Waals surface area (Å²) in [5, 5.41) is 0. The average Bonchev–Trinajstić information content (AvgIpc) is 2.90. The number of nitrogens with zero attached hydrogens (tertiary/aromatic N) is 4. The van der Waals surface area contributed by atoms with Crippen LogP contribution in [0.1, 0.15) is 30.3 Å². The van der Waals surface area contributed by atoms with E-state index in [1.165, 1.54) is 0 Å². The average molecular weight is 309 g/mol. The van der Waals surface area contributed by atoms with Gasteiger partial charge >= 0.3 is 0 Å². The van der Waals surface area contributed by atoms with Gasteiger partial charge in [-0.2, -0.15) is 0 Å². The van der Waals surface area contributed by atoms with E-state index in [-0.39, 0.29) is 11.9 Å². The first kappa shape index (κ1) is 15.9. The van der Waals surface area contributed by atoms with Gasteiger partial charge in [-0.3, -0.25) is 9.69 Å². The quantitative estimate of drug-likeness (QED) is 0.808. The Hall–Kier alpha value is -1.47. The molecule has 1 aromatic rings. The van der Waals surface area contributed by atoms with Crippen molar-refractivity contribution in [2.24, 2.45) is 12.8 Å². The molecular formula is C14H23N5OS. The van der Waals surface area contributed by atoms with E-state index in [0.29, 0.717) is 23.8 Å².